The molecule has 0 bridgehead atoms. The molecule has 0 amide bonds. The van der Waals surface area contributed by atoms with Gasteiger partial charge in [0.2, 0.25) is 0 Å². The summed E-state index contributed by atoms with van der Waals surface area (Å²) in [5.74, 6) is 0. The predicted molar refractivity (Wildman–Crippen MR) is 90.2 cm³/mol. The molecule has 2 N–H and O–H groups in total. The zero-order valence-electron chi connectivity index (χ0n) is 13.8. The molecule has 0 aliphatic carbocycles. The number of rotatable bonds is 11. The third-order valence-corrected chi connectivity index (χ3v) is 3.86. The Hall–Kier alpha value is -1.36. The van der Waals surface area contributed by atoms with Crippen molar-refractivity contribution in [2.75, 3.05) is 37.3 Å². The van der Waals surface area contributed by atoms with Gasteiger partial charge in [-0.1, -0.05) is 19.8 Å². The van der Waals surface area contributed by atoms with Gasteiger partial charge in [0.05, 0.1) is 0 Å². The first-order valence-electron chi connectivity index (χ1n) is 8.01. The lowest BCUT2D eigenvalue weighted by Gasteiger charge is -2.26. The molecule has 0 aliphatic rings. The Labute approximate surface area is 127 Å². The van der Waals surface area contributed by atoms with Crippen molar-refractivity contribution in [3.05, 3.63) is 20.4 Å². The second-order valence-corrected chi connectivity index (χ2v) is 5.78. The van der Waals surface area contributed by atoms with Gasteiger partial charge < -0.3 is 15.5 Å². The van der Waals surface area contributed by atoms with E-state index in [0.717, 1.165) is 26.1 Å². The first kappa shape index (κ1) is 17.7. The Morgan fingerprint density at radius 2 is 1.62 bits per heavy atom. The summed E-state index contributed by atoms with van der Waals surface area (Å²) in [6, 6.07) is 0.542. The summed E-state index contributed by atoms with van der Waals surface area (Å²) in [5.41, 5.74) is 0.0552. The molecular weight excluding hydrogens is 266 g/mol. The van der Waals surface area contributed by atoms with Gasteiger partial charge in [-0.25, -0.2) is 0 Å². The van der Waals surface area contributed by atoms with Gasteiger partial charge in [-0.2, -0.15) is 0 Å². The molecule has 21 heavy (non-hydrogen) atoms. The number of unbranched alkanes of at least 4 members (excludes halogenated alkanes) is 2. The van der Waals surface area contributed by atoms with Crippen molar-refractivity contribution < 1.29 is 0 Å². The fourth-order valence-corrected chi connectivity index (χ4v) is 2.49. The van der Waals surface area contributed by atoms with E-state index in [1.807, 2.05) is 0 Å². The van der Waals surface area contributed by atoms with Crippen LogP contribution in [0.3, 0.4) is 0 Å². The smallest absolute Gasteiger partial charge is 0.253 e. The Morgan fingerprint density at radius 1 is 1.00 bits per heavy atom. The highest BCUT2D eigenvalue weighted by Gasteiger charge is 2.18. The topological polar surface area (TPSA) is 61.4 Å². The monoisotopic (exact) mass is 295 g/mol. The van der Waals surface area contributed by atoms with E-state index in [0.29, 0.717) is 17.4 Å². The van der Waals surface area contributed by atoms with Crippen LogP contribution in [-0.4, -0.2) is 37.6 Å². The molecule has 0 radical (unpaired) electrons. The van der Waals surface area contributed by atoms with E-state index in [9.17, 15) is 9.59 Å². The lowest BCUT2D eigenvalue weighted by atomic mass is 10.2. The van der Waals surface area contributed by atoms with Crippen molar-refractivity contribution in [3.63, 3.8) is 0 Å². The largest absolute Gasteiger partial charge is 0.383 e. The van der Waals surface area contributed by atoms with Gasteiger partial charge in [0.25, 0.3) is 10.9 Å². The molecule has 0 aromatic heterocycles. The van der Waals surface area contributed by atoms with Crippen molar-refractivity contribution >= 4 is 11.4 Å². The highest BCUT2D eigenvalue weighted by molar-refractivity contribution is 5.73. The maximum Gasteiger partial charge on any atom is 0.253 e. The average molecular weight is 295 g/mol. The summed E-state index contributed by atoms with van der Waals surface area (Å²) in [4.78, 5) is 25.2. The Bertz CT molecular complexity index is 490. The second kappa shape index (κ2) is 8.82. The minimum absolute atomic E-state index is 0.400. The molecule has 0 aliphatic heterocycles. The summed E-state index contributed by atoms with van der Waals surface area (Å²) >= 11 is 0. The number of nitrogens with zero attached hydrogens (tertiary/aromatic N) is 1. The van der Waals surface area contributed by atoms with Crippen molar-refractivity contribution in [1.29, 1.82) is 0 Å². The zero-order valence-corrected chi connectivity index (χ0v) is 13.8. The van der Waals surface area contributed by atoms with Crippen LogP contribution in [0.25, 0.3) is 0 Å². The molecule has 1 aromatic carbocycles. The third-order valence-electron chi connectivity index (χ3n) is 3.86. The lowest BCUT2D eigenvalue weighted by Crippen LogP contribution is -2.37. The van der Waals surface area contributed by atoms with Crippen LogP contribution in [0.4, 0.5) is 11.4 Å². The molecule has 0 fully saturated rings. The zero-order chi connectivity index (χ0) is 15.8. The van der Waals surface area contributed by atoms with Gasteiger partial charge >= 0.3 is 0 Å². The van der Waals surface area contributed by atoms with Gasteiger partial charge in [0.15, 0.2) is 0 Å². The summed E-state index contributed by atoms with van der Waals surface area (Å²) in [7, 11) is 1.66. The first-order chi connectivity index (χ1) is 10.0. The maximum absolute atomic E-state index is 11.4. The standard InChI is InChI=1S/C16H29N3O2/c1-5-6-7-10-19(12(2)3)11-8-9-18-14-13(17-4)15(20)16(14)21/h12,17-18H,5-11H2,1-4H3. The Balaban J connectivity index is 2.32. The lowest BCUT2D eigenvalue weighted by molar-refractivity contribution is 0.216. The fraction of sp³-hybridized carbons (Fsp3) is 0.750. The van der Waals surface area contributed by atoms with Crippen LogP contribution in [0.2, 0.25) is 0 Å². The van der Waals surface area contributed by atoms with Crippen LogP contribution < -0.4 is 21.5 Å². The van der Waals surface area contributed by atoms with E-state index >= 15 is 0 Å². The van der Waals surface area contributed by atoms with E-state index in [1.165, 1.54) is 19.3 Å². The minimum atomic E-state index is -0.414. The van der Waals surface area contributed by atoms with E-state index in [1.54, 1.807) is 7.05 Å². The molecule has 0 unspecified atom stereocenters. The van der Waals surface area contributed by atoms with Crippen molar-refractivity contribution in [2.45, 2.75) is 52.5 Å². The van der Waals surface area contributed by atoms with Crippen LogP contribution in [0.1, 0.15) is 46.5 Å². The van der Waals surface area contributed by atoms with Crippen molar-refractivity contribution in [3.8, 4) is 0 Å². The quantitative estimate of drug-likeness (QED) is 0.483. The molecule has 5 heteroatoms. The summed E-state index contributed by atoms with van der Waals surface area (Å²) in [6.45, 7) is 9.51. The summed E-state index contributed by atoms with van der Waals surface area (Å²) in [6.07, 6.45) is 4.72. The number of anilines is 2. The van der Waals surface area contributed by atoms with Crippen LogP contribution >= 0.6 is 0 Å². The number of hydrogen-bond donors (Lipinski definition) is 2. The highest BCUT2D eigenvalue weighted by atomic mass is 16.2. The van der Waals surface area contributed by atoms with E-state index in [2.05, 4.69) is 36.3 Å². The molecule has 0 atom stereocenters. The molecule has 0 heterocycles. The van der Waals surface area contributed by atoms with Gasteiger partial charge in [0.1, 0.15) is 11.4 Å². The van der Waals surface area contributed by atoms with Gasteiger partial charge in [-0.3, -0.25) is 9.59 Å². The van der Waals surface area contributed by atoms with Crippen LogP contribution in [0.15, 0.2) is 9.59 Å². The van der Waals surface area contributed by atoms with Gasteiger partial charge in [-0.15, -0.1) is 0 Å². The molecule has 0 saturated carbocycles. The SMILES string of the molecule is CCCCCN(CCCNc1c(NC)c(=O)c1=O)C(C)C. The summed E-state index contributed by atoms with van der Waals surface area (Å²) < 4.78 is 0. The Kier molecular flexibility index (Phi) is 7.43. The molecule has 1 aromatic rings. The van der Waals surface area contributed by atoms with Crippen LogP contribution in [0, 0.1) is 0 Å². The molecule has 0 spiro atoms. The summed E-state index contributed by atoms with van der Waals surface area (Å²) in [5, 5.41) is 5.85. The van der Waals surface area contributed by atoms with Gasteiger partial charge in [0, 0.05) is 26.2 Å². The van der Waals surface area contributed by atoms with E-state index < -0.39 is 10.9 Å². The van der Waals surface area contributed by atoms with E-state index in [4.69, 9.17) is 0 Å². The minimum Gasteiger partial charge on any atom is -0.383 e. The molecular formula is C16H29N3O2. The number of nitrogens with one attached hydrogen (secondary N) is 2. The molecule has 0 saturated heterocycles. The molecule has 120 valence electrons. The molecule has 5 nitrogen and oxygen atoms in total. The van der Waals surface area contributed by atoms with Crippen molar-refractivity contribution in [2.24, 2.45) is 0 Å². The average Bonchev–Trinajstić information content (AvgIpc) is 2.47. The normalized spacial score (nSPS) is 11.5. The van der Waals surface area contributed by atoms with Crippen LogP contribution in [0.5, 0.6) is 0 Å². The predicted octanol–water partition coefficient (Wildman–Crippen LogP) is 2.03. The third kappa shape index (κ3) is 4.84. The fourth-order valence-electron chi connectivity index (χ4n) is 2.49. The maximum atomic E-state index is 11.4. The van der Waals surface area contributed by atoms with Gasteiger partial charge in [-0.05, 0) is 33.2 Å². The van der Waals surface area contributed by atoms with Crippen molar-refractivity contribution in [1.82, 2.24) is 4.90 Å². The number of hydrogen-bond acceptors (Lipinski definition) is 5. The van der Waals surface area contributed by atoms with Crippen LogP contribution in [-0.2, 0) is 0 Å². The molecule has 1 rings (SSSR count). The first-order valence-corrected chi connectivity index (χ1v) is 8.01. The van der Waals surface area contributed by atoms with E-state index in [-0.39, 0.29) is 0 Å². The Morgan fingerprint density at radius 3 is 2.19 bits per heavy atom. The highest BCUT2D eigenvalue weighted by Crippen LogP contribution is 2.13. The second-order valence-electron chi connectivity index (χ2n) is 5.78.